The monoisotopic (exact) mass is 356 g/mol. The van der Waals surface area contributed by atoms with Gasteiger partial charge in [-0.15, -0.1) is 0 Å². The molecule has 26 heavy (non-hydrogen) atoms. The summed E-state index contributed by atoms with van der Waals surface area (Å²) in [5.41, 5.74) is 3.04. The summed E-state index contributed by atoms with van der Waals surface area (Å²) in [6.45, 7) is 9.63. The summed E-state index contributed by atoms with van der Waals surface area (Å²) in [4.78, 5) is 17.5. The molecule has 142 valence electrons. The van der Waals surface area contributed by atoms with Gasteiger partial charge >= 0.3 is 6.03 Å². The van der Waals surface area contributed by atoms with Crippen molar-refractivity contribution in [3.8, 4) is 0 Å². The molecule has 2 fully saturated rings. The number of carbonyl (C=O) groups is 1. The van der Waals surface area contributed by atoms with Crippen LogP contribution in [0.5, 0.6) is 0 Å². The number of amides is 2. The highest BCUT2D eigenvalue weighted by Crippen LogP contribution is 2.56. The number of likely N-dealkylation sites (tertiary alicyclic amines) is 2. The third-order valence-electron chi connectivity index (χ3n) is 7.80. The van der Waals surface area contributed by atoms with Crippen LogP contribution in [0.1, 0.15) is 51.2 Å². The van der Waals surface area contributed by atoms with Gasteiger partial charge < -0.3 is 14.9 Å². The van der Waals surface area contributed by atoms with Crippen LogP contribution in [0, 0.1) is 11.3 Å². The van der Waals surface area contributed by atoms with Crippen molar-refractivity contribution in [3.63, 3.8) is 0 Å². The number of carbonyl (C=O) groups excluding carboxylic acids is 1. The topological polar surface area (TPSA) is 43.8 Å². The minimum absolute atomic E-state index is 0.0431. The van der Waals surface area contributed by atoms with Crippen LogP contribution in [0.15, 0.2) is 24.3 Å². The molecule has 2 amide bonds. The number of aliphatic hydroxyl groups excluding tert-OH is 1. The van der Waals surface area contributed by atoms with Crippen molar-refractivity contribution in [2.45, 2.75) is 57.9 Å². The van der Waals surface area contributed by atoms with E-state index < -0.39 is 0 Å². The molecule has 2 saturated heterocycles. The van der Waals surface area contributed by atoms with Crippen molar-refractivity contribution in [2.75, 3.05) is 26.2 Å². The number of benzene rings is 1. The van der Waals surface area contributed by atoms with Crippen molar-refractivity contribution in [3.05, 3.63) is 35.4 Å². The highest BCUT2D eigenvalue weighted by Gasteiger charge is 2.57. The van der Waals surface area contributed by atoms with Gasteiger partial charge in [0.05, 0.1) is 0 Å². The predicted octanol–water partition coefficient (Wildman–Crippen LogP) is 3.43. The number of hydrogen-bond acceptors (Lipinski definition) is 2. The van der Waals surface area contributed by atoms with Gasteiger partial charge in [0.1, 0.15) is 0 Å². The molecule has 0 spiro atoms. The molecule has 4 heteroatoms. The lowest BCUT2D eigenvalue weighted by Gasteiger charge is -2.61. The van der Waals surface area contributed by atoms with E-state index in [2.05, 4.69) is 49.9 Å². The molecule has 0 aromatic heterocycles. The third-order valence-corrected chi connectivity index (χ3v) is 7.80. The van der Waals surface area contributed by atoms with Crippen LogP contribution in [-0.2, 0) is 11.8 Å². The molecule has 0 saturated carbocycles. The zero-order chi connectivity index (χ0) is 18.5. The van der Waals surface area contributed by atoms with Gasteiger partial charge in [-0.3, -0.25) is 0 Å². The molecule has 1 aromatic rings. The number of fused-ring (bicyclic) bond motifs is 4. The van der Waals surface area contributed by atoms with Gasteiger partial charge in [-0.1, -0.05) is 45.0 Å². The van der Waals surface area contributed by atoms with Crippen molar-refractivity contribution >= 4 is 6.03 Å². The van der Waals surface area contributed by atoms with Gasteiger partial charge in [0, 0.05) is 37.7 Å². The van der Waals surface area contributed by atoms with E-state index in [1.807, 2.05) is 4.90 Å². The molecule has 2 heterocycles. The number of urea groups is 1. The maximum atomic E-state index is 13.4. The first-order valence-electron chi connectivity index (χ1n) is 10.1. The Morgan fingerprint density at radius 3 is 2.77 bits per heavy atom. The number of hydrogen-bond donors (Lipinski definition) is 1. The second kappa shape index (κ2) is 6.26. The van der Waals surface area contributed by atoms with Gasteiger partial charge in [0.25, 0.3) is 0 Å². The predicted molar refractivity (Wildman–Crippen MR) is 103 cm³/mol. The van der Waals surface area contributed by atoms with E-state index in [1.165, 1.54) is 11.1 Å². The maximum absolute atomic E-state index is 13.4. The Kier molecular flexibility index (Phi) is 4.30. The highest BCUT2D eigenvalue weighted by molar-refractivity contribution is 5.75. The lowest BCUT2D eigenvalue weighted by molar-refractivity contribution is -0.0262. The summed E-state index contributed by atoms with van der Waals surface area (Å²) in [6, 6.07) is 9.23. The van der Waals surface area contributed by atoms with Crippen LogP contribution in [0.4, 0.5) is 4.79 Å². The zero-order valence-electron chi connectivity index (χ0n) is 16.4. The molecule has 3 aliphatic rings. The molecule has 1 aromatic carbocycles. The zero-order valence-corrected chi connectivity index (χ0v) is 16.4. The van der Waals surface area contributed by atoms with Crippen LogP contribution < -0.4 is 0 Å². The maximum Gasteiger partial charge on any atom is 0.320 e. The molecule has 3 atom stereocenters. The number of nitrogens with zero attached hydrogens (tertiary/aromatic N) is 2. The van der Waals surface area contributed by atoms with Crippen LogP contribution >= 0.6 is 0 Å². The molecule has 0 radical (unpaired) electrons. The van der Waals surface area contributed by atoms with E-state index in [9.17, 15) is 9.90 Å². The molecular weight excluding hydrogens is 324 g/mol. The standard InChI is InChI=1S/C22H32N2O2/c1-21(2)19-13-17-8-4-5-9-18(17)22(21,3)10-12-24(19)20(26)23-11-6-7-16(14-23)15-25/h4-5,8-9,16,19,25H,6-7,10-15H2,1-3H3/t16-,19+,22+/m1/s1. The van der Waals surface area contributed by atoms with E-state index >= 15 is 0 Å². The van der Waals surface area contributed by atoms with Crippen LogP contribution in [0.2, 0.25) is 0 Å². The molecule has 4 rings (SSSR count). The van der Waals surface area contributed by atoms with Gasteiger partial charge in [0.2, 0.25) is 0 Å². The average molecular weight is 357 g/mol. The molecular formula is C22H32N2O2. The van der Waals surface area contributed by atoms with E-state index in [4.69, 9.17) is 0 Å². The van der Waals surface area contributed by atoms with Crippen LogP contribution in [-0.4, -0.2) is 53.2 Å². The number of rotatable bonds is 1. The summed E-state index contributed by atoms with van der Waals surface area (Å²) in [6.07, 6.45) is 3.98. The summed E-state index contributed by atoms with van der Waals surface area (Å²) in [7, 11) is 0. The molecule has 1 aliphatic carbocycles. The second-order valence-corrected chi connectivity index (χ2v) is 9.29. The fourth-order valence-electron chi connectivity index (χ4n) is 5.67. The summed E-state index contributed by atoms with van der Waals surface area (Å²) in [5.74, 6) is 0.239. The minimum Gasteiger partial charge on any atom is -0.396 e. The summed E-state index contributed by atoms with van der Waals surface area (Å²) in [5, 5.41) is 9.52. The SMILES string of the molecule is CC1(C)[C@@H]2Cc3ccccc3[C@]1(C)CCN2C(=O)N1CCC[C@@H](CO)C1. The molecule has 2 aliphatic heterocycles. The Morgan fingerprint density at radius 1 is 1.23 bits per heavy atom. The largest absolute Gasteiger partial charge is 0.396 e. The smallest absolute Gasteiger partial charge is 0.320 e. The summed E-state index contributed by atoms with van der Waals surface area (Å²) < 4.78 is 0. The van der Waals surface area contributed by atoms with E-state index in [1.54, 1.807) is 0 Å². The first-order chi connectivity index (χ1) is 12.4. The quantitative estimate of drug-likeness (QED) is 0.838. The lowest BCUT2D eigenvalue weighted by atomic mass is 9.51. The molecule has 1 N–H and O–H groups in total. The first-order valence-corrected chi connectivity index (χ1v) is 10.1. The Morgan fingerprint density at radius 2 is 2.00 bits per heavy atom. The van der Waals surface area contributed by atoms with Crippen molar-refractivity contribution in [1.29, 1.82) is 0 Å². The van der Waals surface area contributed by atoms with Crippen LogP contribution in [0.3, 0.4) is 0 Å². The number of aliphatic hydroxyl groups is 1. The van der Waals surface area contributed by atoms with E-state index in [-0.39, 0.29) is 35.4 Å². The fraction of sp³-hybridized carbons (Fsp3) is 0.682. The third kappa shape index (κ3) is 2.49. The second-order valence-electron chi connectivity index (χ2n) is 9.29. The molecule has 2 bridgehead atoms. The van der Waals surface area contributed by atoms with Crippen molar-refractivity contribution in [1.82, 2.24) is 9.80 Å². The Bertz CT molecular complexity index is 701. The lowest BCUT2D eigenvalue weighted by Crippen LogP contribution is -2.66. The molecule has 4 nitrogen and oxygen atoms in total. The normalized spacial score (nSPS) is 32.9. The van der Waals surface area contributed by atoms with E-state index in [0.29, 0.717) is 6.54 Å². The van der Waals surface area contributed by atoms with Crippen molar-refractivity contribution in [2.24, 2.45) is 11.3 Å². The fourth-order valence-corrected chi connectivity index (χ4v) is 5.67. The Labute approximate surface area is 157 Å². The highest BCUT2D eigenvalue weighted by atomic mass is 16.3. The first kappa shape index (κ1) is 17.8. The Balaban J connectivity index is 1.64. The minimum atomic E-state index is 0.0431. The molecule has 0 unspecified atom stereocenters. The average Bonchev–Trinajstić information content (AvgIpc) is 2.64. The van der Waals surface area contributed by atoms with Gasteiger partial charge in [-0.2, -0.15) is 0 Å². The number of piperidine rings is 2. The summed E-state index contributed by atoms with van der Waals surface area (Å²) >= 11 is 0. The Hall–Kier alpha value is -1.55. The van der Waals surface area contributed by atoms with Gasteiger partial charge in [0.15, 0.2) is 0 Å². The van der Waals surface area contributed by atoms with Crippen LogP contribution in [0.25, 0.3) is 0 Å². The van der Waals surface area contributed by atoms with Gasteiger partial charge in [-0.25, -0.2) is 4.79 Å². The van der Waals surface area contributed by atoms with Gasteiger partial charge in [-0.05, 0) is 48.1 Å². The van der Waals surface area contributed by atoms with E-state index in [0.717, 1.165) is 38.8 Å². The van der Waals surface area contributed by atoms with Crippen molar-refractivity contribution < 1.29 is 9.90 Å².